The fourth-order valence-electron chi connectivity index (χ4n) is 4.66. The highest BCUT2D eigenvalue weighted by Crippen LogP contribution is 2.34. The number of aromatic nitrogens is 4. The van der Waals surface area contributed by atoms with E-state index in [9.17, 15) is 32.3 Å². The van der Waals surface area contributed by atoms with E-state index < -0.39 is 46.6 Å². The van der Waals surface area contributed by atoms with Gasteiger partial charge >= 0.3 is 6.18 Å². The van der Waals surface area contributed by atoms with E-state index in [1.807, 2.05) is 4.90 Å². The van der Waals surface area contributed by atoms with E-state index >= 15 is 0 Å². The van der Waals surface area contributed by atoms with E-state index in [-0.39, 0.29) is 36.2 Å². The molecule has 4 heterocycles. The topological polar surface area (TPSA) is 175 Å². The molecule has 0 radical (unpaired) electrons. The van der Waals surface area contributed by atoms with Crippen molar-refractivity contribution in [2.75, 3.05) is 23.3 Å². The number of alkyl halides is 3. The number of imide groups is 1. The molecule has 1 atom stereocenters. The predicted molar refractivity (Wildman–Crippen MR) is 155 cm³/mol. The molecule has 236 valence electrons. The van der Waals surface area contributed by atoms with Crippen LogP contribution >= 0.6 is 0 Å². The van der Waals surface area contributed by atoms with Crippen LogP contribution in [0.25, 0.3) is 0 Å². The fraction of sp³-hybridized carbons (Fsp3) is 0.333. The standard InChI is InChI=1S/C30H26F3N9O4/c1-29(2,28(46)38-20-6-5-19(10-34)22(9-20)30(31,32)33)42-16-17(11-37-42)3-4-18-14-41(15-18)21-12-35-25(36-13-21)27(45)39-23-7-8-24(43)40-26(23)44/h5-6,9,11-13,16,18,23H,7-8,14-15H2,1-2H3,(H,38,46)(H,39,45)(H,40,43,44). The molecule has 2 fully saturated rings. The normalized spacial score (nSPS) is 16.8. The SMILES string of the molecule is CC(C)(C(=O)Nc1ccc(C#N)c(C(F)(F)F)c1)n1cc(C#CC2CN(c3cnc(C(=O)NC4CCC(=O)NC4=O)nc3)C2)cn1. The number of nitrogens with zero attached hydrogens (tertiary/aromatic N) is 6. The monoisotopic (exact) mass is 633 g/mol. The van der Waals surface area contributed by atoms with Crippen molar-refractivity contribution in [2.45, 2.75) is 44.4 Å². The van der Waals surface area contributed by atoms with Crippen molar-refractivity contribution >= 4 is 35.0 Å². The van der Waals surface area contributed by atoms with Crippen LogP contribution < -0.4 is 20.9 Å². The molecule has 16 heteroatoms. The van der Waals surface area contributed by atoms with Crippen LogP contribution in [0.4, 0.5) is 24.5 Å². The molecule has 0 bridgehead atoms. The van der Waals surface area contributed by atoms with Crippen molar-refractivity contribution in [1.29, 1.82) is 5.26 Å². The van der Waals surface area contributed by atoms with E-state index in [2.05, 4.69) is 42.9 Å². The summed E-state index contributed by atoms with van der Waals surface area (Å²) in [4.78, 5) is 58.7. The Morgan fingerprint density at radius 3 is 2.48 bits per heavy atom. The molecule has 1 unspecified atom stereocenters. The number of piperidine rings is 1. The summed E-state index contributed by atoms with van der Waals surface area (Å²) in [5, 5.41) is 20.4. The van der Waals surface area contributed by atoms with Crippen molar-refractivity contribution in [3.05, 3.63) is 65.5 Å². The lowest BCUT2D eigenvalue weighted by molar-refractivity contribution is -0.138. The quantitative estimate of drug-likeness (QED) is 0.271. The van der Waals surface area contributed by atoms with Crippen LogP contribution in [0.2, 0.25) is 0 Å². The molecule has 1 aromatic carbocycles. The van der Waals surface area contributed by atoms with Crippen molar-refractivity contribution in [1.82, 2.24) is 30.4 Å². The van der Waals surface area contributed by atoms with E-state index in [0.29, 0.717) is 24.3 Å². The number of benzene rings is 1. The fourth-order valence-corrected chi connectivity index (χ4v) is 4.66. The zero-order chi connectivity index (χ0) is 33.2. The number of hydrogen-bond acceptors (Lipinski definition) is 9. The van der Waals surface area contributed by atoms with Crippen LogP contribution in [0.5, 0.6) is 0 Å². The minimum absolute atomic E-state index is 0.00867. The van der Waals surface area contributed by atoms with Gasteiger partial charge in [-0.05, 0) is 38.5 Å². The lowest BCUT2D eigenvalue weighted by atomic mass is 10.00. The first-order chi connectivity index (χ1) is 21.7. The summed E-state index contributed by atoms with van der Waals surface area (Å²) in [6, 6.07) is 3.62. The Bertz CT molecular complexity index is 1810. The van der Waals surface area contributed by atoms with Crippen LogP contribution in [0, 0.1) is 29.1 Å². The van der Waals surface area contributed by atoms with Gasteiger partial charge in [0.15, 0.2) is 0 Å². The van der Waals surface area contributed by atoms with Gasteiger partial charge < -0.3 is 15.5 Å². The Kier molecular flexibility index (Phi) is 8.47. The maximum absolute atomic E-state index is 13.3. The first-order valence-electron chi connectivity index (χ1n) is 14.0. The first kappa shape index (κ1) is 31.6. The minimum Gasteiger partial charge on any atom is -0.366 e. The number of rotatable bonds is 6. The Hall–Kier alpha value is -5.77. The highest BCUT2D eigenvalue weighted by atomic mass is 19.4. The van der Waals surface area contributed by atoms with Crippen molar-refractivity contribution in [2.24, 2.45) is 5.92 Å². The molecule has 3 N–H and O–H groups in total. The van der Waals surface area contributed by atoms with Crippen molar-refractivity contribution < 1.29 is 32.3 Å². The summed E-state index contributed by atoms with van der Waals surface area (Å²) in [7, 11) is 0. The highest BCUT2D eigenvalue weighted by Gasteiger charge is 2.35. The lowest BCUT2D eigenvalue weighted by Crippen LogP contribution is -2.52. The third kappa shape index (κ3) is 6.81. The zero-order valence-corrected chi connectivity index (χ0v) is 24.5. The molecule has 4 amide bonds. The van der Waals surface area contributed by atoms with Crippen LogP contribution in [-0.4, -0.2) is 62.5 Å². The van der Waals surface area contributed by atoms with E-state index in [4.69, 9.17) is 5.26 Å². The number of nitrogens with one attached hydrogen (secondary N) is 3. The predicted octanol–water partition coefficient (Wildman–Crippen LogP) is 1.96. The smallest absolute Gasteiger partial charge is 0.366 e. The summed E-state index contributed by atoms with van der Waals surface area (Å²) in [6.07, 6.45) is 1.61. The molecule has 2 aliphatic heterocycles. The maximum atomic E-state index is 13.3. The number of hydrogen-bond donors (Lipinski definition) is 3. The molecular formula is C30H26F3N9O4. The van der Waals surface area contributed by atoms with Gasteiger partial charge in [-0.25, -0.2) is 9.97 Å². The Balaban J connectivity index is 1.14. The summed E-state index contributed by atoms with van der Waals surface area (Å²) in [6.45, 7) is 4.25. The maximum Gasteiger partial charge on any atom is 0.417 e. The van der Waals surface area contributed by atoms with Gasteiger partial charge in [0, 0.05) is 31.4 Å². The molecule has 3 aromatic rings. The number of anilines is 2. The van der Waals surface area contributed by atoms with Crippen molar-refractivity contribution in [3.8, 4) is 17.9 Å². The molecular weight excluding hydrogens is 607 g/mol. The second-order valence-corrected chi connectivity index (χ2v) is 11.2. The van der Waals surface area contributed by atoms with Gasteiger partial charge in [-0.1, -0.05) is 11.8 Å². The van der Waals surface area contributed by atoms with Crippen LogP contribution in [0.3, 0.4) is 0 Å². The van der Waals surface area contributed by atoms with Crippen LogP contribution in [-0.2, 0) is 26.1 Å². The number of halogens is 3. The molecule has 46 heavy (non-hydrogen) atoms. The summed E-state index contributed by atoms with van der Waals surface area (Å²) in [5.74, 6) is 3.86. The van der Waals surface area contributed by atoms with Crippen LogP contribution in [0.1, 0.15) is 54.0 Å². The van der Waals surface area contributed by atoms with Gasteiger partial charge in [0.25, 0.3) is 11.8 Å². The lowest BCUT2D eigenvalue weighted by Gasteiger charge is -2.37. The van der Waals surface area contributed by atoms with Gasteiger partial charge in [0.05, 0.1) is 53.0 Å². The molecule has 13 nitrogen and oxygen atoms in total. The average molecular weight is 634 g/mol. The molecule has 0 aliphatic carbocycles. The average Bonchev–Trinajstić information content (AvgIpc) is 3.47. The summed E-state index contributed by atoms with van der Waals surface area (Å²) < 4.78 is 41.3. The summed E-state index contributed by atoms with van der Waals surface area (Å²) in [5.41, 5.74) is -1.87. The van der Waals surface area contributed by atoms with Gasteiger partial charge in [-0.3, -0.25) is 29.2 Å². The molecule has 5 rings (SSSR count). The second-order valence-electron chi connectivity index (χ2n) is 11.2. The van der Waals surface area contributed by atoms with Gasteiger partial charge in [0.1, 0.15) is 11.6 Å². The molecule has 0 saturated carbocycles. The van der Waals surface area contributed by atoms with E-state index in [1.165, 1.54) is 35.4 Å². The zero-order valence-electron chi connectivity index (χ0n) is 24.5. The molecule has 2 aliphatic rings. The molecule has 2 saturated heterocycles. The molecule has 0 spiro atoms. The number of amides is 4. The largest absolute Gasteiger partial charge is 0.417 e. The van der Waals surface area contributed by atoms with E-state index in [1.54, 1.807) is 20.0 Å². The highest BCUT2D eigenvalue weighted by molar-refractivity contribution is 6.03. The first-order valence-corrected chi connectivity index (χ1v) is 14.0. The molecule has 2 aromatic heterocycles. The Labute approximate surface area is 260 Å². The van der Waals surface area contributed by atoms with Gasteiger partial charge in [0.2, 0.25) is 17.6 Å². The number of nitriles is 1. The number of carbonyl (C=O) groups excluding carboxylic acids is 4. The third-order valence-corrected chi connectivity index (χ3v) is 7.47. The van der Waals surface area contributed by atoms with E-state index in [0.717, 1.165) is 12.1 Å². The Morgan fingerprint density at radius 2 is 1.83 bits per heavy atom. The van der Waals surface area contributed by atoms with Gasteiger partial charge in [-0.15, -0.1) is 0 Å². The second kappa shape index (κ2) is 12.3. The summed E-state index contributed by atoms with van der Waals surface area (Å²) >= 11 is 0. The Morgan fingerprint density at radius 1 is 1.11 bits per heavy atom. The van der Waals surface area contributed by atoms with Crippen molar-refractivity contribution in [3.63, 3.8) is 0 Å². The minimum atomic E-state index is -4.76. The third-order valence-electron chi connectivity index (χ3n) is 7.47. The number of carbonyl (C=O) groups is 4. The van der Waals surface area contributed by atoms with Crippen LogP contribution in [0.15, 0.2) is 43.0 Å². The van der Waals surface area contributed by atoms with Gasteiger partial charge in [-0.2, -0.15) is 23.5 Å².